The summed E-state index contributed by atoms with van der Waals surface area (Å²) in [6.45, 7) is -0.420. The van der Waals surface area contributed by atoms with Crippen molar-refractivity contribution in [2.24, 2.45) is 0 Å². The summed E-state index contributed by atoms with van der Waals surface area (Å²) < 4.78 is 31.8. The second-order valence-electron chi connectivity index (χ2n) is 5.41. The van der Waals surface area contributed by atoms with E-state index in [0.29, 0.717) is 0 Å². The maximum atomic E-state index is 12.2. The van der Waals surface area contributed by atoms with Crippen molar-refractivity contribution in [1.29, 1.82) is 0 Å². The predicted octanol–water partition coefficient (Wildman–Crippen LogP) is 1.03. The van der Waals surface area contributed by atoms with Gasteiger partial charge in [-0.3, -0.25) is 4.79 Å². The summed E-state index contributed by atoms with van der Waals surface area (Å²) in [6, 6.07) is 3.73. The van der Waals surface area contributed by atoms with E-state index >= 15 is 0 Å². The van der Waals surface area contributed by atoms with E-state index in [-0.39, 0.29) is 27.4 Å². The summed E-state index contributed by atoms with van der Waals surface area (Å²) in [7, 11) is -0.725. The minimum Gasteiger partial charge on any atom is -0.452 e. The lowest BCUT2D eigenvalue weighted by atomic mass is 10.2. The zero-order valence-electron chi connectivity index (χ0n) is 12.7. The van der Waals surface area contributed by atoms with Crippen LogP contribution in [-0.4, -0.2) is 51.9 Å². The van der Waals surface area contributed by atoms with Crippen LogP contribution in [0.5, 0.6) is 0 Å². The molecule has 1 saturated carbocycles. The van der Waals surface area contributed by atoms with E-state index in [4.69, 9.17) is 16.3 Å². The van der Waals surface area contributed by atoms with Gasteiger partial charge >= 0.3 is 5.97 Å². The van der Waals surface area contributed by atoms with E-state index in [0.717, 1.165) is 18.9 Å². The Bertz CT molecular complexity index is 729. The number of sulfonamides is 1. The Hall–Kier alpha value is -1.64. The van der Waals surface area contributed by atoms with Gasteiger partial charge in [0.25, 0.3) is 5.91 Å². The van der Waals surface area contributed by atoms with E-state index in [1.807, 2.05) is 0 Å². The third-order valence-electron chi connectivity index (χ3n) is 3.18. The fourth-order valence-corrected chi connectivity index (χ4v) is 3.49. The number of carbonyl (C=O) groups excluding carboxylic acids is 2. The van der Waals surface area contributed by atoms with Crippen LogP contribution in [0.25, 0.3) is 0 Å². The number of carbonyl (C=O) groups is 2. The second-order valence-corrected chi connectivity index (χ2v) is 7.49. The maximum absolute atomic E-state index is 12.2. The lowest BCUT2D eigenvalue weighted by molar-refractivity contribution is -0.131. The van der Waals surface area contributed by atoms with Gasteiger partial charge in [0.1, 0.15) is 4.90 Å². The van der Waals surface area contributed by atoms with Gasteiger partial charge in [-0.15, -0.1) is 0 Å². The molecule has 0 atom stereocenters. The average Bonchev–Trinajstić information content (AvgIpc) is 3.27. The molecule has 0 spiro atoms. The van der Waals surface area contributed by atoms with Crippen LogP contribution in [0.2, 0.25) is 5.02 Å². The molecule has 0 heterocycles. The fraction of sp³-hybridized carbons (Fsp3) is 0.429. The minimum absolute atomic E-state index is 0.0112. The molecule has 23 heavy (non-hydrogen) atoms. The Labute approximate surface area is 139 Å². The molecule has 126 valence electrons. The predicted molar refractivity (Wildman–Crippen MR) is 83.8 cm³/mol. The monoisotopic (exact) mass is 360 g/mol. The first-order chi connectivity index (χ1) is 10.7. The van der Waals surface area contributed by atoms with Crippen LogP contribution >= 0.6 is 11.6 Å². The smallest absolute Gasteiger partial charge is 0.338 e. The van der Waals surface area contributed by atoms with E-state index in [1.54, 1.807) is 0 Å². The average molecular weight is 361 g/mol. The Morgan fingerprint density at radius 3 is 2.57 bits per heavy atom. The van der Waals surface area contributed by atoms with Crippen molar-refractivity contribution in [2.75, 3.05) is 20.7 Å². The van der Waals surface area contributed by atoms with Crippen LogP contribution < -0.4 is 4.72 Å². The molecule has 0 aromatic heterocycles. The summed E-state index contributed by atoms with van der Waals surface area (Å²) in [5.41, 5.74) is 0.0112. The van der Waals surface area contributed by atoms with Crippen LogP contribution in [0.3, 0.4) is 0 Å². The van der Waals surface area contributed by atoms with Crippen molar-refractivity contribution in [3.63, 3.8) is 0 Å². The molecule has 1 fully saturated rings. The molecule has 1 aromatic carbocycles. The van der Waals surface area contributed by atoms with E-state index in [2.05, 4.69) is 4.72 Å². The normalized spacial score (nSPS) is 14.4. The Balaban J connectivity index is 2.16. The van der Waals surface area contributed by atoms with Crippen molar-refractivity contribution in [2.45, 2.75) is 23.8 Å². The number of esters is 1. The van der Waals surface area contributed by atoms with Gasteiger partial charge in [0.2, 0.25) is 10.0 Å². The van der Waals surface area contributed by atoms with Crippen molar-refractivity contribution in [1.82, 2.24) is 9.62 Å². The number of halogens is 1. The molecule has 0 unspecified atom stereocenters. The van der Waals surface area contributed by atoms with E-state index in [9.17, 15) is 18.0 Å². The zero-order valence-corrected chi connectivity index (χ0v) is 14.3. The molecule has 0 saturated heterocycles. The Kier molecular flexibility index (Phi) is 5.28. The molecule has 0 bridgehead atoms. The van der Waals surface area contributed by atoms with Gasteiger partial charge in [0.15, 0.2) is 6.61 Å². The lowest BCUT2D eigenvalue weighted by Gasteiger charge is -2.11. The van der Waals surface area contributed by atoms with Crippen molar-refractivity contribution >= 4 is 33.5 Å². The number of hydrogen-bond donors (Lipinski definition) is 1. The molecule has 1 aromatic rings. The molecule has 1 aliphatic carbocycles. The summed E-state index contributed by atoms with van der Waals surface area (Å²) >= 11 is 5.93. The number of nitrogens with zero attached hydrogens (tertiary/aromatic N) is 1. The zero-order chi connectivity index (χ0) is 17.2. The van der Waals surface area contributed by atoms with Crippen molar-refractivity contribution in [3.05, 3.63) is 28.8 Å². The van der Waals surface area contributed by atoms with Gasteiger partial charge in [0.05, 0.1) is 10.6 Å². The maximum Gasteiger partial charge on any atom is 0.338 e. The highest BCUT2D eigenvalue weighted by atomic mass is 35.5. The van der Waals surface area contributed by atoms with Gasteiger partial charge in [-0.05, 0) is 31.0 Å². The Morgan fingerprint density at radius 1 is 1.35 bits per heavy atom. The molecule has 7 nitrogen and oxygen atoms in total. The lowest BCUT2D eigenvalue weighted by Crippen LogP contribution is -2.28. The third kappa shape index (κ3) is 4.66. The minimum atomic E-state index is -3.79. The number of likely N-dealkylation sites (N-methyl/N-ethyl adjacent to an activating group) is 1. The van der Waals surface area contributed by atoms with Gasteiger partial charge in [-0.1, -0.05) is 11.6 Å². The number of benzene rings is 1. The molecule has 1 amide bonds. The first-order valence-corrected chi connectivity index (χ1v) is 8.76. The van der Waals surface area contributed by atoms with Gasteiger partial charge < -0.3 is 9.64 Å². The highest BCUT2D eigenvalue weighted by Crippen LogP contribution is 2.27. The largest absolute Gasteiger partial charge is 0.452 e. The van der Waals surface area contributed by atoms with E-state index < -0.39 is 22.6 Å². The van der Waals surface area contributed by atoms with Crippen LogP contribution in [0, 0.1) is 0 Å². The third-order valence-corrected chi connectivity index (χ3v) is 5.18. The summed E-state index contributed by atoms with van der Waals surface area (Å²) in [4.78, 5) is 24.5. The molecular formula is C14H17ClN2O5S. The van der Waals surface area contributed by atoms with Gasteiger partial charge in [-0.25, -0.2) is 17.9 Å². The Morgan fingerprint density at radius 2 is 2.00 bits per heavy atom. The quantitative estimate of drug-likeness (QED) is 0.765. The van der Waals surface area contributed by atoms with Gasteiger partial charge in [0, 0.05) is 20.1 Å². The standard InChI is InChI=1S/C14H17ClN2O5S/c1-17(2)13(18)8-22-14(19)9-3-6-11(15)12(7-9)23(20,21)16-10-4-5-10/h3,6-7,10,16H,4-5,8H2,1-2H3. The molecular weight excluding hydrogens is 344 g/mol. The SMILES string of the molecule is CN(C)C(=O)COC(=O)c1ccc(Cl)c(S(=O)(=O)NC2CC2)c1. The molecule has 9 heteroatoms. The fourth-order valence-electron chi connectivity index (χ4n) is 1.66. The van der Waals surface area contributed by atoms with E-state index in [1.165, 1.54) is 31.1 Å². The number of amides is 1. The molecule has 0 radical (unpaired) electrons. The number of ether oxygens (including phenoxy) is 1. The summed E-state index contributed by atoms with van der Waals surface area (Å²) in [6.07, 6.45) is 1.57. The van der Waals surface area contributed by atoms with Crippen LogP contribution in [0.4, 0.5) is 0 Å². The number of nitrogens with one attached hydrogen (secondary N) is 1. The second kappa shape index (κ2) is 6.86. The summed E-state index contributed by atoms with van der Waals surface area (Å²) in [5, 5.41) is 0.0130. The van der Waals surface area contributed by atoms with Crippen molar-refractivity contribution < 1.29 is 22.7 Å². The van der Waals surface area contributed by atoms with Crippen molar-refractivity contribution in [3.8, 4) is 0 Å². The molecule has 2 rings (SSSR count). The molecule has 0 aliphatic heterocycles. The van der Waals surface area contributed by atoms with Crippen LogP contribution in [-0.2, 0) is 19.6 Å². The van der Waals surface area contributed by atoms with Crippen LogP contribution in [0.1, 0.15) is 23.2 Å². The van der Waals surface area contributed by atoms with Gasteiger partial charge in [-0.2, -0.15) is 0 Å². The first kappa shape index (κ1) is 17.7. The topological polar surface area (TPSA) is 92.8 Å². The van der Waals surface area contributed by atoms with Crippen LogP contribution in [0.15, 0.2) is 23.1 Å². The number of rotatable bonds is 6. The molecule has 1 aliphatic rings. The summed E-state index contributed by atoms with van der Waals surface area (Å²) in [5.74, 6) is -1.17. The highest BCUT2D eigenvalue weighted by Gasteiger charge is 2.29. The highest BCUT2D eigenvalue weighted by molar-refractivity contribution is 7.89. The molecule has 1 N–H and O–H groups in total. The number of hydrogen-bond acceptors (Lipinski definition) is 5. The first-order valence-electron chi connectivity index (χ1n) is 6.90.